The molecule has 0 aliphatic carbocycles. The Labute approximate surface area is 109 Å². The van der Waals surface area contributed by atoms with Crippen molar-refractivity contribution in [2.45, 2.75) is 33.2 Å². The van der Waals surface area contributed by atoms with Crippen molar-refractivity contribution < 1.29 is 0 Å². The number of rotatable bonds is 2. The van der Waals surface area contributed by atoms with Crippen LogP contribution in [-0.4, -0.2) is 16.5 Å². The van der Waals surface area contributed by atoms with E-state index in [1.165, 1.54) is 10.4 Å². The van der Waals surface area contributed by atoms with Crippen molar-refractivity contribution >= 4 is 21.6 Å². The summed E-state index contributed by atoms with van der Waals surface area (Å²) in [6, 6.07) is 0. The molecule has 96 valence electrons. The van der Waals surface area contributed by atoms with Crippen LogP contribution in [0.3, 0.4) is 0 Å². The second kappa shape index (κ2) is 4.48. The predicted molar refractivity (Wildman–Crippen MR) is 74.2 cm³/mol. The lowest BCUT2D eigenvalue weighted by Gasteiger charge is -2.11. The van der Waals surface area contributed by atoms with Crippen LogP contribution in [0.15, 0.2) is 4.79 Å². The summed E-state index contributed by atoms with van der Waals surface area (Å²) in [5, 5.41) is 4.16. The van der Waals surface area contributed by atoms with Crippen LogP contribution in [0.4, 0.5) is 0 Å². The van der Waals surface area contributed by atoms with Gasteiger partial charge in [0.15, 0.2) is 0 Å². The van der Waals surface area contributed by atoms with Crippen molar-refractivity contribution in [1.29, 1.82) is 0 Å². The topological polar surface area (TPSA) is 57.8 Å². The molecule has 3 heterocycles. The number of nitrogens with zero attached hydrogens (tertiary/aromatic N) is 1. The van der Waals surface area contributed by atoms with Crippen LogP contribution in [0.2, 0.25) is 0 Å². The van der Waals surface area contributed by atoms with E-state index in [-0.39, 0.29) is 5.56 Å². The number of aromatic nitrogens is 2. The van der Waals surface area contributed by atoms with Gasteiger partial charge in [0.2, 0.25) is 0 Å². The third-order valence-electron chi connectivity index (χ3n) is 3.23. The monoisotopic (exact) mass is 263 g/mol. The molecule has 1 aliphatic rings. The van der Waals surface area contributed by atoms with Crippen LogP contribution in [0.1, 0.15) is 30.1 Å². The molecule has 1 aliphatic heterocycles. The first-order chi connectivity index (χ1) is 8.65. The summed E-state index contributed by atoms with van der Waals surface area (Å²) < 4.78 is 0. The van der Waals surface area contributed by atoms with Crippen LogP contribution >= 0.6 is 11.3 Å². The number of fused-ring (bicyclic) bond motifs is 3. The molecule has 0 unspecified atom stereocenters. The van der Waals surface area contributed by atoms with Crippen LogP contribution in [0, 0.1) is 5.92 Å². The van der Waals surface area contributed by atoms with E-state index in [0.29, 0.717) is 5.92 Å². The van der Waals surface area contributed by atoms with Crippen LogP contribution in [0.25, 0.3) is 10.2 Å². The lowest BCUT2D eigenvalue weighted by molar-refractivity contribution is 0.621. The van der Waals surface area contributed by atoms with E-state index >= 15 is 0 Å². The average molecular weight is 263 g/mol. The van der Waals surface area contributed by atoms with Crippen molar-refractivity contribution in [3.8, 4) is 0 Å². The minimum Gasteiger partial charge on any atom is -0.312 e. The summed E-state index contributed by atoms with van der Waals surface area (Å²) in [4.78, 5) is 21.9. The molecule has 0 saturated heterocycles. The van der Waals surface area contributed by atoms with Crippen LogP contribution in [-0.2, 0) is 19.4 Å². The highest BCUT2D eigenvalue weighted by atomic mass is 32.1. The van der Waals surface area contributed by atoms with Gasteiger partial charge in [-0.05, 0) is 24.4 Å². The van der Waals surface area contributed by atoms with Gasteiger partial charge in [0.1, 0.15) is 10.7 Å². The molecule has 0 aromatic carbocycles. The zero-order valence-corrected chi connectivity index (χ0v) is 11.5. The maximum atomic E-state index is 12.2. The third-order valence-corrected chi connectivity index (χ3v) is 4.36. The Kier molecular flexibility index (Phi) is 2.95. The lowest BCUT2D eigenvalue weighted by atomic mass is 10.1. The molecule has 4 nitrogen and oxygen atoms in total. The highest BCUT2D eigenvalue weighted by Gasteiger charge is 2.19. The first kappa shape index (κ1) is 11.9. The lowest BCUT2D eigenvalue weighted by Crippen LogP contribution is -2.23. The van der Waals surface area contributed by atoms with Gasteiger partial charge in [-0.1, -0.05) is 13.8 Å². The largest absolute Gasteiger partial charge is 0.312 e. The zero-order chi connectivity index (χ0) is 12.7. The summed E-state index contributed by atoms with van der Waals surface area (Å²) in [7, 11) is 0. The SMILES string of the molecule is CC(C)Cc1nc2sc3c(c2c(=O)[nH]1)CCNC3. The Morgan fingerprint density at radius 2 is 2.28 bits per heavy atom. The highest BCUT2D eigenvalue weighted by molar-refractivity contribution is 7.18. The first-order valence-electron chi connectivity index (χ1n) is 6.39. The van der Waals surface area contributed by atoms with Gasteiger partial charge < -0.3 is 10.3 Å². The minimum atomic E-state index is 0.0371. The molecule has 3 rings (SSSR count). The molecule has 0 amide bonds. The molecule has 0 radical (unpaired) electrons. The highest BCUT2D eigenvalue weighted by Crippen LogP contribution is 2.29. The summed E-state index contributed by atoms with van der Waals surface area (Å²) in [5.41, 5.74) is 1.24. The Bertz CT molecular complexity index is 641. The molecular weight excluding hydrogens is 246 g/mol. The van der Waals surface area contributed by atoms with Crippen molar-refractivity contribution in [1.82, 2.24) is 15.3 Å². The summed E-state index contributed by atoms with van der Waals surface area (Å²) >= 11 is 1.66. The van der Waals surface area contributed by atoms with Crippen molar-refractivity contribution in [3.05, 3.63) is 26.6 Å². The average Bonchev–Trinajstić information content (AvgIpc) is 2.66. The van der Waals surface area contributed by atoms with Gasteiger partial charge in [-0.25, -0.2) is 4.98 Å². The van der Waals surface area contributed by atoms with Gasteiger partial charge in [-0.15, -0.1) is 11.3 Å². The van der Waals surface area contributed by atoms with Gasteiger partial charge in [0.25, 0.3) is 5.56 Å². The Morgan fingerprint density at radius 3 is 3.06 bits per heavy atom. The predicted octanol–water partition coefficient (Wildman–Crippen LogP) is 1.83. The molecule has 2 N–H and O–H groups in total. The number of hydrogen-bond acceptors (Lipinski definition) is 4. The molecule has 0 saturated carbocycles. The van der Waals surface area contributed by atoms with E-state index in [9.17, 15) is 4.79 Å². The Hall–Kier alpha value is -1.20. The van der Waals surface area contributed by atoms with Gasteiger partial charge in [0, 0.05) is 17.8 Å². The maximum Gasteiger partial charge on any atom is 0.259 e. The number of hydrogen-bond donors (Lipinski definition) is 2. The normalized spacial score (nSPS) is 15.3. The van der Waals surface area contributed by atoms with Crippen LogP contribution in [0.5, 0.6) is 0 Å². The fourth-order valence-electron chi connectivity index (χ4n) is 2.46. The van der Waals surface area contributed by atoms with E-state index in [1.54, 1.807) is 11.3 Å². The molecule has 2 aromatic rings. The maximum absolute atomic E-state index is 12.2. The van der Waals surface area contributed by atoms with Gasteiger partial charge in [-0.2, -0.15) is 0 Å². The molecular formula is C13H17N3OS. The fourth-order valence-corrected chi connectivity index (χ4v) is 3.67. The van der Waals surface area contributed by atoms with Gasteiger partial charge in [0.05, 0.1) is 5.39 Å². The standard InChI is InChI=1S/C13H17N3OS/c1-7(2)5-10-15-12(17)11-8-3-4-14-6-9(8)18-13(11)16-10/h7,14H,3-6H2,1-2H3,(H,15,16,17). The second-order valence-electron chi connectivity index (χ2n) is 5.22. The first-order valence-corrected chi connectivity index (χ1v) is 7.21. The van der Waals surface area contributed by atoms with E-state index in [2.05, 4.69) is 29.1 Å². The molecule has 0 spiro atoms. The fraction of sp³-hybridized carbons (Fsp3) is 0.538. The van der Waals surface area contributed by atoms with Crippen molar-refractivity contribution in [3.63, 3.8) is 0 Å². The van der Waals surface area contributed by atoms with Crippen molar-refractivity contribution in [2.75, 3.05) is 6.54 Å². The van der Waals surface area contributed by atoms with E-state index in [1.807, 2.05) is 0 Å². The summed E-state index contributed by atoms with van der Waals surface area (Å²) in [5.74, 6) is 1.32. The molecule has 18 heavy (non-hydrogen) atoms. The summed E-state index contributed by atoms with van der Waals surface area (Å²) in [6.45, 7) is 6.09. The van der Waals surface area contributed by atoms with Gasteiger partial charge >= 0.3 is 0 Å². The number of aromatic amines is 1. The minimum absolute atomic E-state index is 0.0371. The molecule has 2 aromatic heterocycles. The Balaban J connectivity index is 2.17. The quantitative estimate of drug-likeness (QED) is 0.869. The van der Waals surface area contributed by atoms with Crippen molar-refractivity contribution in [2.24, 2.45) is 5.92 Å². The molecule has 0 fully saturated rings. The molecule has 0 bridgehead atoms. The third kappa shape index (κ3) is 1.97. The van der Waals surface area contributed by atoms with E-state index in [0.717, 1.165) is 42.0 Å². The number of thiophene rings is 1. The van der Waals surface area contributed by atoms with Crippen LogP contribution < -0.4 is 10.9 Å². The molecule has 0 atom stereocenters. The van der Waals surface area contributed by atoms with E-state index in [4.69, 9.17) is 0 Å². The zero-order valence-electron chi connectivity index (χ0n) is 10.7. The summed E-state index contributed by atoms with van der Waals surface area (Å²) in [6.07, 6.45) is 1.76. The Morgan fingerprint density at radius 1 is 1.44 bits per heavy atom. The molecule has 5 heteroatoms. The van der Waals surface area contributed by atoms with E-state index < -0.39 is 0 Å². The number of H-pyrrole nitrogens is 1. The second-order valence-corrected chi connectivity index (χ2v) is 6.30. The smallest absolute Gasteiger partial charge is 0.259 e. The van der Waals surface area contributed by atoms with Gasteiger partial charge in [-0.3, -0.25) is 4.79 Å². The number of nitrogens with one attached hydrogen (secondary N) is 2.